The van der Waals surface area contributed by atoms with Gasteiger partial charge >= 0.3 is 5.97 Å². The van der Waals surface area contributed by atoms with E-state index in [1.54, 1.807) is 26.0 Å². The van der Waals surface area contributed by atoms with Gasteiger partial charge < -0.3 is 23.7 Å². The summed E-state index contributed by atoms with van der Waals surface area (Å²) in [5, 5.41) is 0. The summed E-state index contributed by atoms with van der Waals surface area (Å²) in [4.78, 5) is 11.7. The Hall–Kier alpha value is -2.37. The third-order valence-corrected chi connectivity index (χ3v) is 2.79. The van der Waals surface area contributed by atoms with Crippen LogP contribution in [-0.2, 0) is 9.53 Å². The first-order valence-electron chi connectivity index (χ1n) is 6.74. The lowest BCUT2D eigenvalue weighted by molar-refractivity contribution is -0.141. The van der Waals surface area contributed by atoms with Crippen molar-refractivity contribution in [3.05, 3.63) is 17.7 Å². The fourth-order valence-corrected chi connectivity index (χ4v) is 1.92. The van der Waals surface area contributed by atoms with E-state index in [2.05, 4.69) is 0 Å². The number of benzene rings is 1. The van der Waals surface area contributed by atoms with Gasteiger partial charge in [0, 0.05) is 12.1 Å². The van der Waals surface area contributed by atoms with Crippen molar-refractivity contribution < 1.29 is 28.5 Å². The molecule has 1 aromatic carbocycles. The number of hydrogen-bond acceptors (Lipinski definition) is 6. The minimum Gasteiger partial charge on any atom is -0.493 e. The van der Waals surface area contributed by atoms with Crippen LogP contribution in [0, 0.1) is 0 Å². The van der Waals surface area contributed by atoms with Gasteiger partial charge in [0.1, 0.15) is 0 Å². The van der Waals surface area contributed by atoms with E-state index in [9.17, 15) is 4.79 Å². The average Bonchev–Trinajstić information content (AvgIpc) is 2.50. The van der Waals surface area contributed by atoms with Crippen molar-refractivity contribution in [1.82, 2.24) is 0 Å². The average molecular weight is 310 g/mol. The van der Waals surface area contributed by atoms with E-state index in [-0.39, 0.29) is 6.10 Å². The number of esters is 1. The second kappa shape index (κ2) is 8.17. The molecule has 0 aromatic heterocycles. The molecule has 0 radical (unpaired) electrons. The summed E-state index contributed by atoms with van der Waals surface area (Å²) >= 11 is 0. The maximum Gasteiger partial charge on any atom is 0.331 e. The van der Waals surface area contributed by atoms with Crippen molar-refractivity contribution in [3.8, 4) is 23.0 Å². The maximum absolute atomic E-state index is 11.7. The van der Waals surface area contributed by atoms with Crippen molar-refractivity contribution >= 4 is 12.0 Å². The van der Waals surface area contributed by atoms with Gasteiger partial charge in [-0.3, -0.25) is 0 Å². The minimum atomic E-state index is -0.458. The molecule has 0 amide bonds. The summed E-state index contributed by atoms with van der Waals surface area (Å²) in [6, 6.07) is 1.65. The monoisotopic (exact) mass is 310 g/mol. The van der Waals surface area contributed by atoms with Crippen LogP contribution >= 0.6 is 0 Å². The Morgan fingerprint density at radius 3 is 1.82 bits per heavy atom. The van der Waals surface area contributed by atoms with Gasteiger partial charge in [0.15, 0.2) is 23.0 Å². The molecule has 0 fully saturated rings. The molecule has 1 aromatic rings. The predicted molar refractivity (Wildman–Crippen MR) is 82.9 cm³/mol. The molecule has 6 nitrogen and oxygen atoms in total. The molecule has 0 bridgehead atoms. The van der Waals surface area contributed by atoms with Gasteiger partial charge in [-0.1, -0.05) is 0 Å². The van der Waals surface area contributed by atoms with E-state index in [1.807, 2.05) is 0 Å². The van der Waals surface area contributed by atoms with Crippen LogP contribution in [0.5, 0.6) is 23.0 Å². The quantitative estimate of drug-likeness (QED) is 0.570. The summed E-state index contributed by atoms with van der Waals surface area (Å²) in [5.41, 5.74) is 0.530. The predicted octanol–water partition coefficient (Wildman–Crippen LogP) is 2.69. The molecular weight excluding hydrogens is 288 g/mol. The number of rotatable bonds is 7. The molecule has 122 valence electrons. The molecular formula is C16H22O6. The van der Waals surface area contributed by atoms with Gasteiger partial charge in [-0.05, 0) is 19.9 Å². The van der Waals surface area contributed by atoms with Gasteiger partial charge in [0.25, 0.3) is 0 Å². The second-order valence-electron chi connectivity index (χ2n) is 4.58. The molecule has 0 heterocycles. The Bertz CT molecular complexity index is 518. The molecule has 0 unspecified atom stereocenters. The largest absolute Gasteiger partial charge is 0.493 e. The standard InChI is InChI=1S/C16H22O6/c1-10(2)22-14(17)8-7-11-15(20-5)12(18-3)9-13(19-4)16(11)21-6/h7-10H,1-6H3. The van der Waals surface area contributed by atoms with Gasteiger partial charge in [0.2, 0.25) is 0 Å². The van der Waals surface area contributed by atoms with Crippen LogP contribution in [0.15, 0.2) is 12.1 Å². The summed E-state index contributed by atoms with van der Waals surface area (Å²) in [5.74, 6) is 1.36. The van der Waals surface area contributed by atoms with E-state index >= 15 is 0 Å². The van der Waals surface area contributed by atoms with E-state index in [1.165, 1.54) is 34.5 Å². The molecule has 0 aliphatic rings. The van der Waals surface area contributed by atoms with Gasteiger partial charge in [-0.2, -0.15) is 0 Å². The van der Waals surface area contributed by atoms with Crippen LogP contribution in [0.3, 0.4) is 0 Å². The lowest BCUT2D eigenvalue weighted by atomic mass is 10.1. The third-order valence-electron chi connectivity index (χ3n) is 2.79. The third kappa shape index (κ3) is 4.07. The first-order valence-corrected chi connectivity index (χ1v) is 6.74. The number of ether oxygens (including phenoxy) is 5. The van der Waals surface area contributed by atoms with Gasteiger partial charge in [-0.15, -0.1) is 0 Å². The number of methoxy groups -OCH3 is 4. The Morgan fingerprint density at radius 2 is 1.45 bits per heavy atom. The molecule has 0 aliphatic heterocycles. The zero-order valence-electron chi connectivity index (χ0n) is 13.8. The first kappa shape index (κ1) is 17.7. The number of hydrogen-bond donors (Lipinski definition) is 0. The van der Waals surface area contributed by atoms with E-state index in [4.69, 9.17) is 23.7 Å². The van der Waals surface area contributed by atoms with E-state index in [0.717, 1.165) is 0 Å². The highest BCUT2D eigenvalue weighted by molar-refractivity contribution is 5.89. The van der Waals surface area contributed by atoms with Gasteiger partial charge in [0.05, 0.1) is 40.1 Å². The van der Waals surface area contributed by atoms with Crippen molar-refractivity contribution in [3.63, 3.8) is 0 Å². The van der Waals surface area contributed by atoms with E-state index < -0.39 is 5.97 Å². The van der Waals surface area contributed by atoms with Crippen molar-refractivity contribution in [2.24, 2.45) is 0 Å². The molecule has 1 rings (SSSR count). The molecule has 0 saturated carbocycles. The number of carbonyl (C=O) groups excluding carboxylic acids is 1. The lowest BCUT2D eigenvalue weighted by Gasteiger charge is -2.17. The first-order chi connectivity index (χ1) is 10.5. The van der Waals surface area contributed by atoms with Crippen LogP contribution in [0.25, 0.3) is 6.08 Å². The molecule has 0 aliphatic carbocycles. The van der Waals surface area contributed by atoms with Crippen molar-refractivity contribution in [2.45, 2.75) is 20.0 Å². The molecule has 0 atom stereocenters. The summed E-state index contributed by atoms with van der Waals surface area (Å²) in [7, 11) is 6.05. The Kier molecular flexibility index (Phi) is 6.56. The Balaban J connectivity index is 3.35. The smallest absolute Gasteiger partial charge is 0.331 e. The molecule has 6 heteroatoms. The molecule has 0 N–H and O–H groups in total. The Labute approximate surface area is 130 Å². The molecule has 0 saturated heterocycles. The Morgan fingerprint density at radius 1 is 0.955 bits per heavy atom. The van der Waals surface area contributed by atoms with Crippen LogP contribution in [0.4, 0.5) is 0 Å². The highest BCUT2D eigenvalue weighted by Gasteiger charge is 2.19. The lowest BCUT2D eigenvalue weighted by Crippen LogP contribution is -2.08. The number of carbonyl (C=O) groups is 1. The fraction of sp³-hybridized carbons (Fsp3) is 0.438. The summed E-state index contributed by atoms with van der Waals surface area (Å²) in [6.07, 6.45) is 2.66. The minimum absolute atomic E-state index is 0.194. The highest BCUT2D eigenvalue weighted by Crippen LogP contribution is 2.45. The zero-order valence-corrected chi connectivity index (χ0v) is 13.8. The maximum atomic E-state index is 11.7. The normalized spacial score (nSPS) is 10.7. The SMILES string of the molecule is COc1cc(OC)c(OC)c(C=CC(=O)OC(C)C)c1OC. The topological polar surface area (TPSA) is 63.2 Å². The fourth-order valence-electron chi connectivity index (χ4n) is 1.92. The van der Waals surface area contributed by atoms with Gasteiger partial charge in [-0.25, -0.2) is 4.79 Å². The van der Waals surface area contributed by atoms with Crippen LogP contribution < -0.4 is 18.9 Å². The van der Waals surface area contributed by atoms with E-state index in [0.29, 0.717) is 28.6 Å². The van der Waals surface area contributed by atoms with Crippen molar-refractivity contribution in [2.75, 3.05) is 28.4 Å². The summed E-state index contributed by atoms with van der Waals surface area (Å²) < 4.78 is 26.3. The molecule has 22 heavy (non-hydrogen) atoms. The van der Waals surface area contributed by atoms with Crippen LogP contribution in [-0.4, -0.2) is 40.5 Å². The van der Waals surface area contributed by atoms with Crippen molar-refractivity contribution in [1.29, 1.82) is 0 Å². The second-order valence-corrected chi connectivity index (χ2v) is 4.58. The van der Waals surface area contributed by atoms with Crippen LogP contribution in [0.2, 0.25) is 0 Å². The van der Waals surface area contributed by atoms with Crippen LogP contribution in [0.1, 0.15) is 19.4 Å². The zero-order chi connectivity index (χ0) is 16.7. The molecule has 0 spiro atoms. The highest BCUT2D eigenvalue weighted by atomic mass is 16.5. The summed E-state index contributed by atoms with van der Waals surface area (Å²) in [6.45, 7) is 3.56.